The smallest absolute Gasteiger partial charge is 0.409 e. The Kier molecular flexibility index (Phi) is 6.62. The van der Waals surface area contributed by atoms with Crippen molar-refractivity contribution in [2.45, 2.75) is 25.9 Å². The van der Waals surface area contributed by atoms with Crippen LogP contribution in [-0.4, -0.2) is 24.6 Å². The minimum Gasteiger partial charge on any atom is -0.445 e. The Balaban J connectivity index is 2.21. The van der Waals surface area contributed by atoms with Crippen molar-refractivity contribution >= 4 is 6.09 Å². The highest BCUT2D eigenvalue weighted by molar-refractivity contribution is 5.67. The molecule has 3 heteroatoms. The van der Waals surface area contributed by atoms with E-state index >= 15 is 0 Å². The molecule has 0 aliphatic carbocycles. The van der Waals surface area contributed by atoms with E-state index in [1.807, 2.05) is 36.4 Å². The van der Waals surface area contributed by atoms with Gasteiger partial charge in [0.05, 0.1) is 0 Å². The summed E-state index contributed by atoms with van der Waals surface area (Å²) in [5.74, 6) is 0. The third-order valence-electron chi connectivity index (χ3n) is 2.67. The maximum atomic E-state index is 11.7. The number of benzene rings is 1. The molecule has 1 rings (SSSR count). The summed E-state index contributed by atoms with van der Waals surface area (Å²) in [6, 6.07) is 9.69. The fourth-order valence-corrected chi connectivity index (χ4v) is 1.56. The molecule has 0 bridgehead atoms. The second-order valence-corrected chi connectivity index (χ2v) is 4.25. The van der Waals surface area contributed by atoms with Crippen molar-refractivity contribution in [3.63, 3.8) is 0 Å². The van der Waals surface area contributed by atoms with Crippen molar-refractivity contribution in [3.8, 4) is 0 Å². The molecular weight excluding hydrogens is 226 g/mol. The van der Waals surface area contributed by atoms with Crippen LogP contribution in [0.4, 0.5) is 4.79 Å². The first kappa shape index (κ1) is 14.3. The minimum absolute atomic E-state index is 0.266. The molecule has 0 aliphatic heterocycles. The summed E-state index contributed by atoms with van der Waals surface area (Å²) in [6.07, 6.45) is 4.65. The molecule has 98 valence electrons. The van der Waals surface area contributed by atoms with Crippen LogP contribution in [0.5, 0.6) is 0 Å². The highest BCUT2D eigenvalue weighted by Crippen LogP contribution is 2.04. The standard InChI is InChI=1S/C15H21NO2/c1-3-4-5-9-12-16(2)15(17)18-13-14-10-7-6-8-11-14/h3,6-8,10-11H,1,4-5,9,12-13H2,2H3. The average molecular weight is 247 g/mol. The highest BCUT2D eigenvalue weighted by atomic mass is 16.6. The number of allylic oxidation sites excluding steroid dienone is 1. The molecule has 0 saturated carbocycles. The number of unbranched alkanes of at least 4 members (excludes halogenated alkanes) is 2. The van der Waals surface area contributed by atoms with Crippen LogP contribution in [0.25, 0.3) is 0 Å². The minimum atomic E-state index is -0.266. The first-order valence-electron chi connectivity index (χ1n) is 6.26. The van der Waals surface area contributed by atoms with E-state index in [1.165, 1.54) is 0 Å². The van der Waals surface area contributed by atoms with Crippen LogP contribution in [0.15, 0.2) is 43.0 Å². The lowest BCUT2D eigenvalue weighted by atomic mass is 10.2. The molecule has 0 fully saturated rings. The Morgan fingerprint density at radius 1 is 1.33 bits per heavy atom. The third-order valence-corrected chi connectivity index (χ3v) is 2.67. The van der Waals surface area contributed by atoms with Crippen molar-refractivity contribution in [2.75, 3.05) is 13.6 Å². The van der Waals surface area contributed by atoms with Gasteiger partial charge in [0.1, 0.15) is 6.61 Å². The van der Waals surface area contributed by atoms with Crippen LogP contribution in [0.2, 0.25) is 0 Å². The monoisotopic (exact) mass is 247 g/mol. The predicted octanol–water partition coefficient (Wildman–Crippen LogP) is 3.61. The quantitative estimate of drug-likeness (QED) is 0.544. The van der Waals surface area contributed by atoms with Crippen LogP contribution in [0.1, 0.15) is 24.8 Å². The number of rotatable bonds is 7. The number of hydrogen-bond donors (Lipinski definition) is 0. The number of nitrogens with zero attached hydrogens (tertiary/aromatic N) is 1. The van der Waals surface area contributed by atoms with E-state index in [-0.39, 0.29) is 6.09 Å². The maximum Gasteiger partial charge on any atom is 0.409 e. The van der Waals surface area contributed by atoms with Gasteiger partial charge in [-0.3, -0.25) is 0 Å². The molecule has 0 heterocycles. The molecule has 0 aromatic heterocycles. The maximum absolute atomic E-state index is 11.7. The lowest BCUT2D eigenvalue weighted by Crippen LogP contribution is -2.28. The first-order valence-corrected chi connectivity index (χ1v) is 6.26. The van der Waals surface area contributed by atoms with Gasteiger partial charge in [-0.05, 0) is 24.8 Å². The van der Waals surface area contributed by atoms with Crippen LogP contribution >= 0.6 is 0 Å². The summed E-state index contributed by atoms with van der Waals surface area (Å²) in [6.45, 7) is 4.72. The molecule has 1 aromatic carbocycles. The number of hydrogen-bond acceptors (Lipinski definition) is 2. The molecule has 0 unspecified atom stereocenters. The normalized spacial score (nSPS) is 9.83. The van der Waals surface area contributed by atoms with Crippen LogP contribution < -0.4 is 0 Å². The van der Waals surface area contributed by atoms with Gasteiger partial charge >= 0.3 is 6.09 Å². The Labute approximate surface area is 109 Å². The number of ether oxygens (including phenoxy) is 1. The molecule has 0 atom stereocenters. The van der Waals surface area contributed by atoms with Crippen LogP contribution in [0, 0.1) is 0 Å². The molecule has 3 nitrogen and oxygen atoms in total. The summed E-state index contributed by atoms with van der Waals surface area (Å²) >= 11 is 0. The predicted molar refractivity (Wildman–Crippen MR) is 73.3 cm³/mol. The Bertz CT molecular complexity index is 362. The first-order chi connectivity index (χ1) is 8.74. The Hall–Kier alpha value is -1.77. The summed E-state index contributed by atoms with van der Waals surface area (Å²) in [7, 11) is 1.77. The van der Waals surface area contributed by atoms with Gasteiger partial charge in [-0.1, -0.05) is 36.4 Å². The largest absolute Gasteiger partial charge is 0.445 e. The van der Waals surface area contributed by atoms with Crippen LogP contribution in [-0.2, 0) is 11.3 Å². The Morgan fingerprint density at radius 3 is 2.72 bits per heavy atom. The van der Waals surface area contributed by atoms with Gasteiger partial charge in [0.15, 0.2) is 0 Å². The van der Waals surface area contributed by atoms with E-state index < -0.39 is 0 Å². The Morgan fingerprint density at radius 2 is 2.06 bits per heavy atom. The van der Waals surface area contributed by atoms with Crippen LogP contribution in [0.3, 0.4) is 0 Å². The van der Waals surface area contributed by atoms with Gasteiger partial charge in [0.2, 0.25) is 0 Å². The van der Waals surface area contributed by atoms with Gasteiger partial charge < -0.3 is 9.64 Å². The van der Waals surface area contributed by atoms with Gasteiger partial charge in [0, 0.05) is 13.6 Å². The summed E-state index contributed by atoms with van der Waals surface area (Å²) in [5, 5.41) is 0. The zero-order valence-electron chi connectivity index (χ0n) is 11.0. The second kappa shape index (κ2) is 8.34. The zero-order valence-corrected chi connectivity index (χ0v) is 11.0. The molecular formula is C15H21NO2. The lowest BCUT2D eigenvalue weighted by molar-refractivity contribution is 0.104. The number of carbonyl (C=O) groups excluding carboxylic acids is 1. The van der Waals surface area contributed by atoms with E-state index in [4.69, 9.17) is 4.74 Å². The van der Waals surface area contributed by atoms with E-state index in [1.54, 1.807) is 11.9 Å². The SMILES string of the molecule is C=CCCCCN(C)C(=O)OCc1ccccc1. The molecule has 0 radical (unpaired) electrons. The third kappa shape index (κ3) is 5.53. The summed E-state index contributed by atoms with van der Waals surface area (Å²) in [4.78, 5) is 13.3. The summed E-state index contributed by atoms with van der Waals surface area (Å²) in [5.41, 5.74) is 1.01. The van der Waals surface area contributed by atoms with E-state index in [0.717, 1.165) is 31.4 Å². The van der Waals surface area contributed by atoms with E-state index in [0.29, 0.717) is 6.61 Å². The summed E-state index contributed by atoms with van der Waals surface area (Å²) < 4.78 is 5.21. The van der Waals surface area contributed by atoms with Gasteiger partial charge in [-0.25, -0.2) is 4.79 Å². The van der Waals surface area contributed by atoms with E-state index in [9.17, 15) is 4.79 Å². The molecule has 0 spiro atoms. The lowest BCUT2D eigenvalue weighted by Gasteiger charge is -2.16. The van der Waals surface area contributed by atoms with Crippen molar-refractivity contribution in [1.82, 2.24) is 4.90 Å². The molecule has 1 amide bonds. The zero-order chi connectivity index (χ0) is 13.2. The van der Waals surface area contributed by atoms with Gasteiger partial charge in [-0.15, -0.1) is 6.58 Å². The second-order valence-electron chi connectivity index (χ2n) is 4.25. The molecule has 1 aromatic rings. The van der Waals surface area contributed by atoms with Gasteiger partial charge in [-0.2, -0.15) is 0 Å². The molecule has 18 heavy (non-hydrogen) atoms. The van der Waals surface area contributed by atoms with Crippen molar-refractivity contribution < 1.29 is 9.53 Å². The highest BCUT2D eigenvalue weighted by Gasteiger charge is 2.09. The van der Waals surface area contributed by atoms with Crippen molar-refractivity contribution in [3.05, 3.63) is 48.6 Å². The number of carbonyl (C=O) groups is 1. The molecule has 0 aliphatic rings. The van der Waals surface area contributed by atoms with Crippen molar-refractivity contribution in [1.29, 1.82) is 0 Å². The fraction of sp³-hybridized carbons (Fsp3) is 0.400. The van der Waals surface area contributed by atoms with Crippen molar-refractivity contribution in [2.24, 2.45) is 0 Å². The fourth-order valence-electron chi connectivity index (χ4n) is 1.56. The molecule has 0 saturated heterocycles. The van der Waals surface area contributed by atoms with Gasteiger partial charge in [0.25, 0.3) is 0 Å². The number of amides is 1. The molecule has 0 N–H and O–H groups in total. The topological polar surface area (TPSA) is 29.5 Å². The van der Waals surface area contributed by atoms with E-state index in [2.05, 4.69) is 6.58 Å². The average Bonchev–Trinajstić information content (AvgIpc) is 2.42.